The van der Waals surface area contributed by atoms with Crippen molar-refractivity contribution in [1.29, 1.82) is 0 Å². The standard InChI is InChI=1S/C26H25N3O4/c30-24(19-8-12-27-13-9-19)22-23(21-7-4-16-33-21)29(26(32)25(22)31)20-10-14-28(15-11-20)17-18-5-2-1-3-6-18/h1-9,12-13,16,20,23,30H,10-11,14-15,17H2/b24-22-. The SMILES string of the molecule is O=C1C(=O)N(C2CCN(Cc3ccccc3)CC2)C(c2ccco2)/C1=C(/O)c1ccncc1. The smallest absolute Gasteiger partial charge is 0.296 e. The number of aromatic nitrogens is 1. The molecule has 2 aliphatic rings. The Balaban J connectivity index is 1.42. The Labute approximate surface area is 192 Å². The van der Waals surface area contributed by atoms with Crippen molar-refractivity contribution >= 4 is 17.4 Å². The van der Waals surface area contributed by atoms with E-state index in [9.17, 15) is 14.7 Å². The normalized spacial score (nSPS) is 21.6. The molecule has 0 spiro atoms. The fourth-order valence-corrected chi connectivity index (χ4v) is 4.82. The zero-order chi connectivity index (χ0) is 22.8. The molecular weight excluding hydrogens is 418 g/mol. The van der Waals surface area contributed by atoms with Gasteiger partial charge >= 0.3 is 0 Å². The maximum Gasteiger partial charge on any atom is 0.296 e. The lowest BCUT2D eigenvalue weighted by Crippen LogP contribution is -2.46. The van der Waals surface area contributed by atoms with E-state index >= 15 is 0 Å². The summed E-state index contributed by atoms with van der Waals surface area (Å²) in [5.74, 6) is -1.01. The molecule has 1 amide bonds. The number of aliphatic hydroxyl groups excluding tert-OH is 1. The molecule has 0 bridgehead atoms. The van der Waals surface area contributed by atoms with Crippen LogP contribution in [0.5, 0.6) is 0 Å². The number of aliphatic hydroxyl groups is 1. The highest BCUT2D eigenvalue weighted by molar-refractivity contribution is 6.46. The fraction of sp³-hybridized carbons (Fsp3) is 0.269. The Hall–Kier alpha value is -3.71. The minimum Gasteiger partial charge on any atom is -0.507 e. The molecule has 0 radical (unpaired) electrons. The fourth-order valence-electron chi connectivity index (χ4n) is 4.82. The lowest BCUT2D eigenvalue weighted by atomic mass is 9.97. The Morgan fingerprint density at radius 2 is 1.73 bits per heavy atom. The first-order valence-electron chi connectivity index (χ1n) is 11.1. The molecule has 0 saturated carbocycles. The lowest BCUT2D eigenvalue weighted by Gasteiger charge is -2.38. The van der Waals surface area contributed by atoms with Crippen LogP contribution in [0, 0.1) is 0 Å². The molecular formula is C26H25N3O4. The number of amides is 1. The summed E-state index contributed by atoms with van der Waals surface area (Å²) in [4.78, 5) is 34.2. The molecule has 7 nitrogen and oxygen atoms in total. The lowest BCUT2D eigenvalue weighted by molar-refractivity contribution is -0.142. The van der Waals surface area contributed by atoms with Crippen molar-refractivity contribution in [2.24, 2.45) is 0 Å². The highest BCUT2D eigenvalue weighted by Crippen LogP contribution is 2.42. The molecule has 1 unspecified atom stereocenters. The van der Waals surface area contributed by atoms with Gasteiger partial charge in [-0.25, -0.2) is 0 Å². The minimum absolute atomic E-state index is 0.0628. The van der Waals surface area contributed by atoms with Gasteiger partial charge in [0.1, 0.15) is 17.6 Å². The first-order chi connectivity index (χ1) is 16.1. The number of hydrogen-bond donors (Lipinski definition) is 1. The molecule has 1 aromatic carbocycles. The second-order valence-electron chi connectivity index (χ2n) is 8.45. The molecule has 2 aliphatic heterocycles. The van der Waals surface area contributed by atoms with E-state index in [0.717, 1.165) is 32.5 Å². The van der Waals surface area contributed by atoms with Crippen LogP contribution in [-0.2, 0) is 16.1 Å². The first-order valence-corrected chi connectivity index (χ1v) is 11.1. The van der Waals surface area contributed by atoms with E-state index in [2.05, 4.69) is 22.0 Å². The predicted molar refractivity (Wildman–Crippen MR) is 122 cm³/mol. The number of ketones is 1. The summed E-state index contributed by atoms with van der Waals surface area (Å²) >= 11 is 0. The number of Topliss-reactive ketones (excluding diaryl/α,β-unsaturated/α-hetero) is 1. The molecule has 0 aliphatic carbocycles. The number of benzene rings is 1. The van der Waals surface area contributed by atoms with Crippen LogP contribution >= 0.6 is 0 Å². The van der Waals surface area contributed by atoms with Gasteiger partial charge in [0.15, 0.2) is 0 Å². The minimum atomic E-state index is -0.751. The van der Waals surface area contributed by atoms with Crippen molar-refractivity contribution in [3.63, 3.8) is 0 Å². The van der Waals surface area contributed by atoms with Crippen molar-refractivity contribution in [1.82, 2.24) is 14.8 Å². The zero-order valence-electron chi connectivity index (χ0n) is 18.1. The average molecular weight is 444 g/mol. The maximum absolute atomic E-state index is 13.2. The van der Waals surface area contributed by atoms with Crippen LogP contribution in [0.25, 0.3) is 5.76 Å². The topological polar surface area (TPSA) is 86.9 Å². The van der Waals surface area contributed by atoms with Gasteiger partial charge in [0.05, 0.1) is 11.8 Å². The molecule has 2 fully saturated rings. The number of furan rings is 1. The Morgan fingerprint density at radius 3 is 2.39 bits per heavy atom. The molecule has 168 valence electrons. The Bertz CT molecular complexity index is 1150. The van der Waals surface area contributed by atoms with Crippen LogP contribution < -0.4 is 0 Å². The Kier molecular flexibility index (Phi) is 5.79. The number of nitrogens with zero attached hydrogens (tertiary/aromatic N) is 3. The van der Waals surface area contributed by atoms with Gasteiger partial charge in [-0.15, -0.1) is 0 Å². The quantitative estimate of drug-likeness (QED) is 0.367. The number of likely N-dealkylation sites (tertiary alicyclic amines) is 2. The van der Waals surface area contributed by atoms with E-state index in [1.54, 1.807) is 29.2 Å². The molecule has 7 heteroatoms. The molecule has 2 saturated heterocycles. The summed E-state index contributed by atoms with van der Waals surface area (Å²) in [5.41, 5.74) is 1.76. The monoisotopic (exact) mass is 443 g/mol. The van der Waals surface area contributed by atoms with Crippen LogP contribution in [-0.4, -0.2) is 50.7 Å². The highest BCUT2D eigenvalue weighted by atomic mass is 16.3. The van der Waals surface area contributed by atoms with Gasteiger partial charge in [-0.05, 0) is 42.7 Å². The molecule has 4 heterocycles. The summed E-state index contributed by atoms with van der Waals surface area (Å²) < 4.78 is 5.64. The summed E-state index contributed by atoms with van der Waals surface area (Å²) in [6, 6.07) is 16.1. The predicted octanol–water partition coefficient (Wildman–Crippen LogP) is 3.76. The molecule has 33 heavy (non-hydrogen) atoms. The Morgan fingerprint density at radius 1 is 1.00 bits per heavy atom. The van der Waals surface area contributed by atoms with Gasteiger partial charge in [-0.1, -0.05) is 30.3 Å². The van der Waals surface area contributed by atoms with Gasteiger partial charge in [0, 0.05) is 43.6 Å². The van der Waals surface area contributed by atoms with E-state index in [-0.39, 0.29) is 17.4 Å². The molecule has 3 aromatic rings. The van der Waals surface area contributed by atoms with Gasteiger partial charge in [-0.3, -0.25) is 19.5 Å². The van der Waals surface area contributed by atoms with Gasteiger partial charge in [0.25, 0.3) is 11.7 Å². The maximum atomic E-state index is 13.2. The highest BCUT2D eigenvalue weighted by Gasteiger charge is 2.50. The molecule has 1 atom stereocenters. The van der Waals surface area contributed by atoms with E-state index < -0.39 is 17.7 Å². The average Bonchev–Trinajstić information content (AvgIpc) is 3.47. The summed E-state index contributed by atoms with van der Waals surface area (Å²) in [7, 11) is 0. The number of carbonyl (C=O) groups is 2. The van der Waals surface area contributed by atoms with Crippen LogP contribution in [0.2, 0.25) is 0 Å². The first kappa shape index (κ1) is 21.2. The summed E-state index contributed by atoms with van der Waals surface area (Å²) in [5, 5.41) is 11.0. The number of hydrogen-bond acceptors (Lipinski definition) is 6. The largest absolute Gasteiger partial charge is 0.507 e. The zero-order valence-corrected chi connectivity index (χ0v) is 18.1. The van der Waals surface area contributed by atoms with Gasteiger partial charge in [0.2, 0.25) is 0 Å². The number of carbonyl (C=O) groups excluding carboxylic acids is 2. The summed E-state index contributed by atoms with van der Waals surface area (Å²) in [6.07, 6.45) is 6.08. The number of piperidine rings is 1. The van der Waals surface area contributed by atoms with Gasteiger partial charge < -0.3 is 14.4 Å². The van der Waals surface area contributed by atoms with E-state index in [4.69, 9.17) is 4.42 Å². The third kappa shape index (κ3) is 4.07. The molecule has 1 N–H and O–H groups in total. The van der Waals surface area contributed by atoms with Crippen LogP contribution in [0.1, 0.15) is 35.8 Å². The van der Waals surface area contributed by atoms with Crippen LogP contribution in [0.3, 0.4) is 0 Å². The van der Waals surface area contributed by atoms with Crippen molar-refractivity contribution in [2.45, 2.75) is 31.5 Å². The number of pyridine rings is 1. The van der Waals surface area contributed by atoms with E-state index in [1.165, 1.54) is 24.2 Å². The van der Waals surface area contributed by atoms with Crippen molar-refractivity contribution < 1.29 is 19.1 Å². The third-order valence-corrected chi connectivity index (χ3v) is 6.45. The van der Waals surface area contributed by atoms with E-state index in [0.29, 0.717) is 11.3 Å². The van der Waals surface area contributed by atoms with Crippen molar-refractivity contribution in [3.05, 3.63) is 95.7 Å². The second kappa shape index (κ2) is 9.03. The van der Waals surface area contributed by atoms with Crippen molar-refractivity contribution in [3.8, 4) is 0 Å². The van der Waals surface area contributed by atoms with Crippen LogP contribution in [0.15, 0.2) is 83.2 Å². The second-order valence-corrected chi connectivity index (χ2v) is 8.45. The number of rotatable bonds is 5. The van der Waals surface area contributed by atoms with Gasteiger partial charge in [-0.2, -0.15) is 0 Å². The van der Waals surface area contributed by atoms with E-state index in [1.807, 2.05) is 18.2 Å². The van der Waals surface area contributed by atoms with Crippen molar-refractivity contribution in [2.75, 3.05) is 13.1 Å². The molecule has 5 rings (SSSR count). The third-order valence-electron chi connectivity index (χ3n) is 6.45. The summed E-state index contributed by atoms with van der Waals surface area (Å²) in [6.45, 7) is 2.49. The van der Waals surface area contributed by atoms with Crippen LogP contribution in [0.4, 0.5) is 0 Å². The molecule has 2 aromatic heterocycles.